The summed E-state index contributed by atoms with van der Waals surface area (Å²) in [5.41, 5.74) is 1.83. The van der Waals surface area contributed by atoms with Crippen molar-refractivity contribution in [2.45, 2.75) is 6.92 Å². The van der Waals surface area contributed by atoms with Gasteiger partial charge in [0.05, 0.1) is 21.8 Å². The molecule has 0 aliphatic rings. The van der Waals surface area contributed by atoms with Crippen molar-refractivity contribution in [1.82, 2.24) is 9.47 Å². The van der Waals surface area contributed by atoms with Crippen LogP contribution in [0.1, 0.15) is 16.1 Å². The SMILES string of the molecule is Cc1c(OCCN(C)C)c2cc(Cl)cc(Cl)c2n1C(=O)c1ccccc1Br. The van der Waals surface area contributed by atoms with E-state index in [-0.39, 0.29) is 5.91 Å². The monoisotopic (exact) mass is 468 g/mol. The maximum atomic E-state index is 13.3. The Bertz CT molecular complexity index is 1010. The van der Waals surface area contributed by atoms with Crippen molar-refractivity contribution >= 4 is 55.9 Å². The van der Waals surface area contributed by atoms with E-state index in [0.29, 0.717) is 39.2 Å². The minimum Gasteiger partial charge on any atom is -0.490 e. The highest BCUT2D eigenvalue weighted by Gasteiger charge is 2.24. The molecule has 0 spiro atoms. The van der Waals surface area contributed by atoms with Crippen LogP contribution >= 0.6 is 39.1 Å². The summed E-state index contributed by atoms with van der Waals surface area (Å²) in [6, 6.07) is 10.7. The van der Waals surface area contributed by atoms with Gasteiger partial charge in [0.2, 0.25) is 0 Å². The molecule has 0 aliphatic heterocycles. The van der Waals surface area contributed by atoms with E-state index >= 15 is 0 Å². The molecule has 0 amide bonds. The molecule has 0 atom stereocenters. The topological polar surface area (TPSA) is 34.5 Å². The number of hydrogen-bond donors (Lipinski definition) is 0. The van der Waals surface area contributed by atoms with Crippen LogP contribution in [0.25, 0.3) is 10.9 Å². The van der Waals surface area contributed by atoms with Gasteiger partial charge in [-0.15, -0.1) is 0 Å². The standard InChI is InChI=1S/C20H19BrCl2N2O2/c1-12-19(27-9-8-24(2)3)15-10-13(22)11-17(23)18(15)25(12)20(26)14-6-4-5-7-16(14)21/h4-7,10-11H,8-9H2,1-3H3. The van der Waals surface area contributed by atoms with Crippen molar-refractivity contribution in [3.8, 4) is 5.75 Å². The van der Waals surface area contributed by atoms with Crippen LogP contribution in [0.5, 0.6) is 5.75 Å². The molecule has 4 nitrogen and oxygen atoms in total. The molecule has 0 saturated carbocycles. The van der Waals surface area contributed by atoms with E-state index in [4.69, 9.17) is 27.9 Å². The minimum absolute atomic E-state index is 0.184. The van der Waals surface area contributed by atoms with Gasteiger partial charge in [-0.3, -0.25) is 9.36 Å². The molecule has 0 unspecified atom stereocenters. The Morgan fingerprint density at radius 1 is 1.22 bits per heavy atom. The molecular formula is C20H19BrCl2N2O2. The molecule has 1 heterocycles. The third-order valence-corrected chi connectivity index (χ3v) is 5.45. The van der Waals surface area contributed by atoms with Gasteiger partial charge < -0.3 is 9.64 Å². The third-order valence-electron chi connectivity index (χ3n) is 4.25. The van der Waals surface area contributed by atoms with E-state index in [1.54, 1.807) is 22.8 Å². The molecule has 142 valence electrons. The number of carbonyl (C=O) groups excluding carboxylic acids is 1. The highest BCUT2D eigenvalue weighted by atomic mass is 79.9. The van der Waals surface area contributed by atoms with E-state index in [1.165, 1.54) is 0 Å². The van der Waals surface area contributed by atoms with Crippen molar-refractivity contribution in [1.29, 1.82) is 0 Å². The number of hydrogen-bond acceptors (Lipinski definition) is 3. The van der Waals surface area contributed by atoms with Gasteiger partial charge in [0.15, 0.2) is 0 Å². The molecule has 1 aromatic heterocycles. The van der Waals surface area contributed by atoms with Crippen LogP contribution in [0, 0.1) is 6.92 Å². The summed E-state index contributed by atoms with van der Waals surface area (Å²) >= 11 is 16.1. The number of ether oxygens (including phenoxy) is 1. The summed E-state index contributed by atoms with van der Waals surface area (Å²) in [5.74, 6) is 0.438. The Morgan fingerprint density at radius 3 is 2.59 bits per heavy atom. The fraction of sp³-hybridized carbons (Fsp3) is 0.250. The van der Waals surface area contributed by atoms with Crippen LogP contribution in [-0.2, 0) is 0 Å². The molecule has 0 saturated heterocycles. The van der Waals surface area contributed by atoms with Gasteiger partial charge in [0.1, 0.15) is 12.4 Å². The number of likely N-dealkylation sites (N-methyl/N-ethyl adjacent to an activating group) is 1. The Kier molecular flexibility index (Phi) is 6.16. The summed E-state index contributed by atoms with van der Waals surface area (Å²) in [6.45, 7) is 3.09. The normalized spacial score (nSPS) is 11.4. The zero-order valence-corrected chi connectivity index (χ0v) is 18.3. The first-order chi connectivity index (χ1) is 12.8. The number of benzene rings is 2. The lowest BCUT2D eigenvalue weighted by atomic mass is 10.2. The van der Waals surface area contributed by atoms with Crippen LogP contribution in [-0.4, -0.2) is 42.6 Å². The smallest absolute Gasteiger partial charge is 0.263 e. The molecule has 0 bridgehead atoms. The molecule has 3 aromatic rings. The summed E-state index contributed by atoms with van der Waals surface area (Å²) in [7, 11) is 3.95. The van der Waals surface area contributed by atoms with Crippen LogP contribution in [0.3, 0.4) is 0 Å². The van der Waals surface area contributed by atoms with Crippen molar-refractivity contribution in [2.24, 2.45) is 0 Å². The number of aromatic nitrogens is 1. The number of rotatable bonds is 5. The number of nitrogens with zero attached hydrogens (tertiary/aromatic N) is 2. The second kappa shape index (κ2) is 8.23. The number of fused-ring (bicyclic) bond motifs is 1. The highest BCUT2D eigenvalue weighted by Crippen LogP contribution is 2.39. The second-order valence-electron chi connectivity index (χ2n) is 6.47. The lowest BCUT2D eigenvalue weighted by Gasteiger charge is -2.12. The van der Waals surface area contributed by atoms with Crippen LogP contribution in [0.4, 0.5) is 0 Å². The average molecular weight is 470 g/mol. The number of carbonyl (C=O) groups is 1. The number of halogens is 3. The Morgan fingerprint density at radius 2 is 1.93 bits per heavy atom. The molecule has 3 rings (SSSR count). The van der Waals surface area contributed by atoms with Gasteiger partial charge >= 0.3 is 0 Å². The first-order valence-electron chi connectivity index (χ1n) is 8.38. The van der Waals surface area contributed by atoms with Crippen LogP contribution in [0.15, 0.2) is 40.9 Å². The van der Waals surface area contributed by atoms with Gasteiger partial charge in [0, 0.05) is 21.4 Å². The molecule has 0 N–H and O–H groups in total. The Labute approximate surface area is 176 Å². The van der Waals surface area contributed by atoms with Gasteiger partial charge in [-0.2, -0.15) is 0 Å². The van der Waals surface area contributed by atoms with E-state index < -0.39 is 0 Å². The summed E-state index contributed by atoms with van der Waals surface area (Å²) in [6.07, 6.45) is 0. The van der Waals surface area contributed by atoms with Crippen LogP contribution < -0.4 is 4.74 Å². The summed E-state index contributed by atoms with van der Waals surface area (Å²) < 4.78 is 8.34. The fourth-order valence-electron chi connectivity index (χ4n) is 2.95. The van der Waals surface area contributed by atoms with Gasteiger partial charge in [-0.05, 0) is 61.2 Å². The zero-order valence-electron chi connectivity index (χ0n) is 15.2. The molecule has 7 heteroatoms. The first kappa shape index (κ1) is 20.2. The van der Waals surface area contributed by atoms with E-state index in [2.05, 4.69) is 15.9 Å². The average Bonchev–Trinajstić information content (AvgIpc) is 2.87. The minimum atomic E-state index is -0.184. The highest BCUT2D eigenvalue weighted by molar-refractivity contribution is 9.10. The molecule has 27 heavy (non-hydrogen) atoms. The van der Waals surface area contributed by atoms with Crippen molar-refractivity contribution in [2.75, 3.05) is 27.2 Å². The zero-order chi connectivity index (χ0) is 19.7. The lowest BCUT2D eigenvalue weighted by Crippen LogP contribution is -2.20. The quantitative estimate of drug-likeness (QED) is 0.484. The molecular weight excluding hydrogens is 451 g/mol. The summed E-state index contributed by atoms with van der Waals surface area (Å²) in [4.78, 5) is 15.3. The maximum absolute atomic E-state index is 13.3. The van der Waals surface area contributed by atoms with Crippen molar-refractivity contribution < 1.29 is 9.53 Å². The van der Waals surface area contributed by atoms with Crippen molar-refractivity contribution in [3.63, 3.8) is 0 Å². The largest absolute Gasteiger partial charge is 0.490 e. The van der Waals surface area contributed by atoms with Gasteiger partial charge in [-0.1, -0.05) is 35.3 Å². The van der Waals surface area contributed by atoms with Gasteiger partial charge in [-0.25, -0.2) is 0 Å². The molecule has 0 aliphatic carbocycles. The fourth-order valence-corrected chi connectivity index (χ4v) is 3.98. The Balaban J connectivity index is 2.19. The van der Waals surface area contributed by atoms with Crippen molar-refractivity contribution in [3.05, 3.63) is 62.2 Å². The molecule has 0 radical (unpaired) electrons. The first-order valence-corrected chi connectivity index (χ1v) is 9.93. The lowest BCUT2D eigenvalue weighted by molar-refractivity contribution is 0.0961. The van der Waals surface area contributed by atoms with E-state index in [1.807, 2.05) is 44.1 Å². The van der Waals surface area contributed by atoms with Gasteiger partial charge in [0.25, 0.3) is 5.91 Å². The Hall–Kier alpha value is -1.53. The molecule has 0 fully saturated rings. The maximum Gasteiger partial charge on any atom is 0.263 e. The predicted octanol–water partition coefficient (Wildman–Crippen LogP) is 5.65. The third kappa shape index (κ3) is 4.02. The van der Waals surface area contributed by atoms with E-state index in [9.17, 15) is 4.79 Å². The second-order valence-corrected chi connectivity index (χ2v) is 8.17. The van der Waals surface area contributed by atoms with E-state index in [0.717, 1.165) is 16.4 Å². The van der Waals surface area contributed by atoms with Crippen LogP contribution in [0.2, 0.25) is 10.0 Å². The summed E-state index contributed by atoms with van der Waals surface area (Å²) in [5, 5.41) is 1.63. The molecule has 2 aromatic carbocycles. The predicted molar refractivity (Wildman–Crippen MR) is 115 cm³/mol.